The summed E-state index contributed by atoms with van der Waals surface area (Å²) in [4.78, 5) is 1.07. The number of hydrogen-bond acceptors (Lipinski definition) is 2. The number of aryl methyl sites for hydroxylation is 2. The summed E-state index contributed by atoms with van der Waals surface area (Å²) in [7, 11) is 0. The molecule has 0 aromatic heterocycles. The Hall–Kier alpha value is -0.480. The molecule has 2 aromatic carbocycles. The number of halogens is 2. The molecule has 0 bridgehead atoms. The van der Waals surface area contributed by atoms with Gasteiger partial charge in [-0.05, 0) is 48.7 Å². The summed E-state index contributed by atoms with van der Waals surface area (Å²) in [5, 5.41) is 11.0. The summed E-state index contributed by atoms with van der Waals surface area (Å²) in [5.41, 5.74) is 3.25. The van der Waals surface area contributed by atoms with Crippen LogP contribution in [0.25, 0.3) is 0 Å². The predicted molar refractivity (Wildman–Crippen MR) is 90.8 cm³/mol. The third-order valence-electron chi connectivity index (χ3n) is 3.05. The molecule has 0 aliphatic carbocycles. The summed E-state index contributed by atoms with van der Waals surface area (Å²) in [6, 6.07) is 11.7. The van der Waals surface area contributed by atoms with Gasteiger partial charge in [-0.3, -0.25) is 0 Å². The Bertz CT molecular complexity index is 592. The molecule has 0 spiro atoms. The van der Waals surface area contributed by atoms with Crippen LogP contribution in [0.5, 0.6) is 0 Å². The molecule has 4 heteroatoms. The zero-order chi connectivity index (χ0) is 14.7. The standard InChI is InChI=1S/C16H16BrClOS/c1-10-6-12(7-11(2)16(10)17)15(19)9-20-14-5-3-4-13(18)8-14/h3-8,15,19H,9H2,1-2H3. The van der Waals surface area contributed by atoms with Crippen LogP contribution in [0.1, 0.15) is 22.8 Å². The van der Waals surface area contributed by atoms with Crippen LogP contribution in [-0.2, 0) is 0 Å². The molecule has 0 amide bonds. The molecule has 0 aliphatic rings. The summed E-state index contributed by atoms with van der Waals surface area (Å²) in [6.07, 6.45) is -0.482. The maximum Gasteiger partial charge on any atom is 0.0884 e. The minimum absolute atomic E-state index is 0.482. The topological polar surface area (TPSA) is 20.2 Å². The molecule has 0 saturated carbocycles. The van der Waals surface area contributed by atoms with Crippen molar-refractivity contribution >= 4 is 39.3 Å². The van der Waals surface area contributed by atoms with Gasteiger partial charge in [0.1, 0.15) is 0 Å². The van der Waals surface area contributed by atoms with Gasteiger partial charge in [0, 0.05) is 20.1 Å². The van der Waals surface area contributed by atoms with E-state index in [2.05, 4.69) is 15.9 Å². The van der Waals surface area contributed by atoms with E-state index in [4.69, 9.17) is 11.6 Å². The summed E-state index contributed by atoms with van der Waals surface area (Å²) in [5.74, 6) is 0.612. The van der Waals surface area contributed by atoms with Crippen molar-refractivity contribution < 1.29 is 5.11 Å². The molecule has 0 aliphatic heterocycles. The number of rotatable bonds is 4. The SMILES string of the molecule is Cc1cc(C(O)CSc2cccc(Cl)c2)cc(C)c1Br. The fraction of sp³-hybridized carbons (Fsp3) is 0.250. The first-order valence-corrected chi connectivity index (χ1v) is 8.46. The van der Waals surface area contributed by atoms with Crippen molar-refractivity contribution in [1.29, 1.82) is 0 Å². The van der Waals surface area contributed by atoms with Crippen molar-refractivity contribution in [2.75, 3.05) is 5.75 Å². The van der Waals surface area contributed by atoms with Gasteiger partial charge in [-0.2, -0.15) is 0 Å². The van der Waals surface area contributed by atoms with Gasteiger partial charge in [0.25, 0.3) is 0 Å². The summed E-state index contributed by atoms with van der Waals surface area (Å²) >= 11 is 11.1. The average molecular weight is 372 g/mol. The van der Waals surface area contributed by atoms with E-state index in [0.717, 1.165) is 31.1 Å². The molecule has 1 nitrogen and oxygen atoms in total. The lowest BCUT2D eigenvalue weighted by Crippen LogP contribution is -2.02. The van der Waals surface area contributed by atoms with Crippen molar-refractivity contribution in [3.63, 3.8) is 0 Å². The zero-order valence-electron chi connectivity index (χ0n) is 11.4. The predicted octanol–water partition coefficient (Wildman–Crippen LogP) is 5.55. The van der Waals surface area contributed by atoms with Crippen LogP contribution in [0.2, 0.25) is 5.02 Å². The molecule has 0 heterocycles. The van der Waals surface area contributed by atoms with E-state index in [1.807, 2.05) is 50.2 Å². The van der Waals surface area contributed by atoms with Gasteiger partial charge in [-0.25, -0.2) is 0 Å². The highest BCUT2D eigenvalue weighted by atomic mass is 79.9. The largest absolute Gasteiger partial charge is 0.388 e. The summed E-state index contributed by atoms with van der Waals surface area (Å²) in [6.45, 7) is 4.08. The molecular formula is C16H16BrClOS. The Morgan fingerprint density at radius 1 is 1.20 bits per heavy atom. The molecule has 1 atom stereocenters. The minimum atomic E-state index is -0.482. The van der Waals surface area contributed by atoms with E-state index in [-0.39, 0.29) is 0 Å². The van der Waals surface area contributed by atoms with Crippen LogP contribution < -0.4 is 0 Å². The van der Waals surface area contributed by atoms with E-state index in [9.17, 15) is 5.11 Å². The second-order valence-corrected chi connectivity index (χ2v) is 7.08. The Morgan fingerprint density at radius 3 is 2.45 bits per heavy atom. The fourth-order valence-corrected chi connectivity index (χ4v) is 3.41. The van der Waals surface area contributed by atoms with Crippen LogP contribution >= 0.6 is 39.3 Å². The molecule has 1 N–H and O–H groups in total. The lowest BCUT2D eigenvalue weighted by molar-refractivity contribution is 0.204. The second kappa shape index (κ2) is 6.99. The number of aliphatic hydroxyl groups excluding tert-OH is 1. The first-order chi connectivity index (χ1) is 9.47. The van der Waals surface area contributed by atoms with Gasteiger partial charge in [0.15, 0.2) is 0 Å². The van der Waals surface area contributed by atoms with E-state index in [1.165, 1.54) is 0 Å². The summed E-state index contributed by atoms with van der Waals surface area (Å²) < 4.78 is 1.11. The Labute approximate surface area is 137 Å². The van der Waals surface area contributed by atoms with Crippen LogP contribution in [-0.4, -0.2) is 10.9 Å². The highest BCUT2D eigenvalue weighted by Crippen LogP contribution is 2.30. The second-order valence-electron chi connectivity index (χ2n) is 4.75. The maximum absolute atomic E-state index is 10.3. The third kappa shape index (κ3) is 4.01. The first kappa shape index (κ1) is 15.9. The van der Waals surface area contributed by atoms with Crippen molar-refractivity contribution in [3.8, 4) is 0 Å². The molecule has 20 heavy (non-hydrogen) atoms. The average Bonchev–Trinajstić information content (AvgIpc) is 2.41. The van der Waals surface area contributed by atoms with E-state index in [1.54, 1.807) is 11.8 Å². The van der Waals surface area contributed by atoms with Crippen LogP contribution in [0, 0.1) is 13.8 Å². The van der Waals surface area contributed by atoms with E-state index in [0.29, 0.717) is 5.75 Å². The van der Waals surface area contributed by atoms with Crippen molar-refractivity contribution in [2.24, 2.45) is 0 Å². The molecule has 106 valence electrons. The van der Waals surface area contributed by atoms with Gasteiger partial charge in [0.2, 0.25) is 0 Å². The third-order valence-corrected chi connectivity index (χ3v) is 5.60. The molecular weight excluding hydrogens is 356 g/mol. The highest BCUT2D eigenvalue weighted by molar-refractivity contribution is 9.10. The highest BCUT2D eigenvalue weighted by Gasteiger charge is 2.11. The van der Waals surface area contributed by atoms with Crippen molar-refractivity contribution in [2.45, 2.75) is 24.8 Å². The van der Waals surface area contributed by atoms with Crippen LogP contribution in [0.4, 0.5) is 0 Å². The van der Waals surface area contributed by atoms with Gasteiger partial charge < -0.3 is 5.11 Å². The molecule has 0 radical (unpaired) electrons. The number of thioether (sulfide) groups is 1. The lowest BCUT2D eigenvalue weighted by atomic mass is 10.0. The monoisotopic (exact) mass is 370 g/mol. The van der Waals surface area contributed by atoms with Crippen LogP contribution in [0.3, 0.4) is 0 Å². The van der Waals surface area contributed by atoms with Crippen LogP contribution in [0.15, 0.2) is 45.8 Å². The van der Waals surface area contributed by atoms with Gasteiger partial charge in [0.05, 0.1) is 6.10 Å². The molecule has 2 rings (SSSR count). The first-order valence-electron chi connectivity index (χ1n) is 6.30. The lowest BCUT2D eigenvalue weighted by Gasteiger charge is -2.14. The smallest absolute Gasteiger partial charge is 0.0884 e. The van der Waals surface area contributed by atoms with E-state index >= 15 is 0 Å². The normalized spacial score (nSPS) is 12.4. The van der Waals surface area contributed by atoms with Crippen molar-refractivity contribution in [1.82, 2.24) is 0 Å². The Balaban J connectivity index is 2.07. The zero-order valence-corrected chi connectivity index (χ0v) is 14.5. The molecule has 2 aromatic rings. The molecule has 0 saturated heterocycles. The number of hydrogen-bond donors (Lipinski definition) is 1. The fourth-order valence-electron chi connectivity index (χ4n) is 2.00. The van der Waals surface area contributed by atoms with Gasteiger partial charge >= 0.3 is 0 Å². The van der Waals surface area contributed by atoms with Gasteiger partial charge in [-0.1, -0.05) is 45.7 Å². The van der Waals surface area contributed by atoms with Crippen molar-refractivity contribution in [3.05, 3.63) is 62.6 Å². The molecule has 1 unspecified atom stereocenters. The van der Waals surface area contributed by atoms with E-state index < -0.39 is 6.10 Å². The quantitative estimate of drug-likeness (QED) is 0.711. The molecule has 0 fully saturated rings. The Morgan fingerprint density at radius 2 is 1.85 bits per heavy atom. The number of aliphatic hydroxyl groups is 1. The Kier molecular flexibility index (Phi) is 5.56. The van der Waals surface area contributed by atoms with Gasteiger partial charge in [-0.15, -0.1) is 11.8 Å². The minimum Gasteiger partial charge on any atom is -0.388 e. The maximum atomic E-state index is 10.3. The number of benzene rings is 2.